The minimum Gasteiger partial charge on any atom is -0.507 e. The number of aromatic hydroxyl groups is 1. The molecule has 2 unspecified atom stereocenters. The number of phenols is 1. The Kier molecular flexibility index (Phi) is 7.69. The van der Waals surface area contributed by atoms with Gasteiger partial charge in [0.1, 0.15) is 23.7 Å². The van der Waals surface area contributed by atoms with Gasteiger partial charge in [-0.15, -0.1) is 0 Å². The zero-order valence-electron chi connectivity index (χ0n) is 17.7. The average molecular weight is 442 g/mol. The van der Waals surface area contributed by atoms with Gasteiger partial charge >= 0.3 is 19.5 Å². The number of hydrogen-bond donors (Lipinski definition) is 2. The maximum absolute atomic E-state index is 12.3. The topological polar surface area (TPSA) is 129 Å². The van der Waals surface area contributed by atoms with Gasteiger partial charge in [0, 0.05) is 18.2 Å². The van der Waals surface area contributed by atoms with E-state index in [2.05, 4.69) is 4.52 Å². The van der Waals surface area contributed by atoms with Crippen LogP contribution in [0.5, 0.6) is 11.5 Å². The Balaban J connectivity index is 2.35. The van der Waals surface area contributed by atoms with Crippen LogP contribution in [-0.2, 0) is 36.4 Å². The van der Waals surface area contributed by atoms with Crippen LogP contribution in [0.1, 0.15) is 47.3 Å². The van der Waals surface area contributed by atoms with Gasteiger partial charge < -0.3 is 28.7 Å². The lowest BCUT2D eigenvalue weighted by atomic mass is 9.94. The Hall–Kier alpha value is -2.35. The summed E-state index contributed by atoms with van der Waals surface area (Å²) in [5.74, 6) is -1.21. The third-order valence-corrected chi connectivity index (χ3v) is 6.74. The summed E-state index contributed by atoms with van der Waals surface area (Å²) >= 11 is 0. The minimum absolute atomic E-state index is 0.0668. The number of carbonyl (C=O) groups is 2. The first-order chi connectivity index (χ1) is 14.1. The number of fused-ring (bicyclic) bond motifs is 1. The van der Waals surface area contributed by atoms with Crippen LogP contribution >= 0.6 is 7.60 Å². The van der Waals surface area contributed by atoms with Crippen LogP contribution in [0.25, 0.3) is 0 Å². The standard InChI is InChI=1S/C20H27O9P/c1-6-28-19(22)15(30(24,25)27-5)9-11(2)7-8-13-17(21)16-14(10-29-20(16)23)12(3)18(13)26-4/h7,15,21H,6,8-10H2,1-5H3,(H,24,25). The van der Waals surface area contributed by atoms with Crippen molar-refractivity contribution in [2.24, 2.45) is 0 Å². The van der Waals surface area contributed by atoms with Gasteiger partial charge in [-0.05, 0) is 39.2 Å². The second-order valence-corrected chi connectivity index (χ2v) is 9.01. The predicted molar refractivity (Wildman–Crippen MR) is 108 cm³/mol. The molecule has 1 heterocycles. The first kappa shape index (κ1) is 23.9. The molecule has 1 aromatic rings. The van der Waals surface area contributed by atoms with Gasteiger partial charge in [-0.25, -0.2) is 4.79 Å². The zero-order chi connectivity index (χ0) is 22.6. The predicted octanol–water partition coefficient (Wildman–Crippen LogP) is 3.02. The van der Waals surface area contributed by atoms with Crippen molar-refractivity contribution in [1.82, 2.24) is 0 Å². The summed E-state index contributed by atoms with van der Waals surface area (Å²) in [5, 5.41) is 10.6. The molecule has 0 saturated carbocycles. The number of methoxy groups -OCH3 is 1. The van der Waals surface area contributed by atoms with E-state index in [9.17, 15) is 24.2 Å². The lowest BCUT2D eigenvalue weighted by Gasteiger charge is -2.20. The molecule has 0 fully saturated rings. The summed E-state index contributed by atoms with van der Waals surface area (Å²) < 4.78 is 32.3. The van der Waals surface area contributed by atoms with Crippen LogP contribution < -0.4 is 4.74 Å². The van der Waals surface area contributed by atoms with Gasteiger partial charge in [0.25, 0.3) is 0 Å². The van der Waals surface area contributed by atoms with Gasteiger partial charge in [-0.2, -0.15) is 0 Å². The molecule has 0 spiro atoms. The second-order valence-electron chi connectivity index (χ2n) is 6.89. The smallest absolute Gasteiger partial charge is 0.342 e. The fourth-order valence-electron chi connectivity index (χ4n) is 3.39. The average Bonchev–Trinajstić information content (AvgIpc) is 3.09. The fourth-order valence-corrected chi connectivity index (χ4v) is 4.50. The normalized spacial score (nSPS) is 16.5. The Morgan fingerprint density at radius 3 is 2.60 bits per heavy atom. The number of cyclic esters (lactones) is 1. The van der Waals surface area contributed by atoms with E-state index in [0.717, 1.165) is 7.11 Å². The minimum atomic E-state index is -4.22. The van der Waals surface area contributed by atoms with Gasteiger partial charge in [0.05, 0.1) is 13.7 Å². The highest BCUT2D eigenvalue weighted by molar-refractivity contribution is 7.54. The first-order valence-corrected chi connectivity index (χ1v) is 11.0. The second kappa shape index (κ2) is 9.64. The molecular weight excluding hydrogens is 415 g/mol. The van der Waals surface area contributed by atoms with Crippen LogP contribution in [0, 0.1) is 6.92 Å². The van der Waals surface area contributed by atoms with Crippen LogP contribution in [0.4, 0.5) is 0 Å². The molecule has 0 aromatic heterocycles. The van der Waals surface area contributed by atoms with E-state index in [-0.39, 0.29) is 37.4 Å². The molecular formula is C20H27O9P. The number of ether oxygens (including phenoxy) is 3. The van der Waals surface area contributed by atoms with E-state index in [1.54, 1.807) is 26.8 Å². The molecule has 166 valence electrons. The maximum Gasteiger partial charge on any atom is 0.342 e. The van der Waals surface area contributed by atoms with Crippen molar-refractivity contribution in [3.05, 3.63) is 33.9 Å². The van der Waals surface area contributed by atoms with Gasteiger partial charge in [-0.3, -0.25) is 9.36 Å². The monoisotopic (exact) mass is 442 g/mol. The largest absolute Gasteiger partial charge is 0.507 e. The number of hydrogen-bond acceptors (Lipinski definition) is 8. The van der Waals surface area contributed by atoms with E-state index in [1.807, 2.05) is 0 Å². The number of allylic oxidation sites excluding steroid dienone is 2. The van der Waals surface area contributed by atoms with Crippen molar-refractivity contribution >= 4 is 19.5 Å². The summed E-state index contributed by atoms with van der Waals surface area (Å²) in [7, 11) is -1.70. The van der Waals surface area contributed by atoms with Crippen molar-refractivity contribution in [3.63, 3.8) is 0 Å². The molecule has 10 heteroatoms. The van der Waals surface area contributed by atoms with Crippen LogP contribution in [0.2, 0.25) is 0 Å². The molecule has 0 saturated heterocycles. The Labute approximate surface area is 175 Å². The molecule has 1 aliphatic rings. The molecule has 1 aromatic carbocycles. The molecule has 0 radical (unpaired) electrons. The van der Waals surface area contributed by atoms with Crippen molar-refractivity contribution in [2.45, 2.75) is 45.9 Å². The molecule has 0 aliphatic carbocycles. The Morgan fingerprint density at radius 1 is 1.37 bits per heavy atom. The van der Waals surface area contributed by atoms with Crippen LogP contribution in [0.15, 0.2) is 11.6 Å². The number of rotatable bonds is 9. The Bertz CT molecular complexity index is 920. The summed E-state index contributed by atoms with van der Waals surface area (Å²) in [6.07, 6.45) is 1.78. The number of carbonyl (C=O) groups excluding carboxylic acids is 2. The van der Waals surface area contributed by atoms with E-state index in [1.165, 1.54) is 7.11 Å². The number of benzene rings is 1. The summed E-state index contributed by atoms with van der Waals surface area (Å²) in [6, 6.07) is 0. The molecule has 2 rings (SSSR count). The van der Waals surface area contributed by atoms with E-state index >= 15 is 0 Å². The molecule has 2 atom stereocenters. The van der Waals surface area contributed by atoms with Crippen molar-refractivity contribution < 1.29 is 42.9 Å². The summed E-state index contributed by atoms with van der Waals surface area (Å²) in [6.45, 7) is 5.19. The van der Waals surface area contributed by atoms with Crippen LogP contribution in [-0.4, -0.2) is 48.4 Å². The van der Waals surface area contributed by atoms with E-state index < -0.39 is 25.2 Å². The van der Waals surface area contributed by atoms with Crippen molar-refractivity contribution in [2.75, 3.05) is 20.8 Å². The number of esters is 2. The third-order valence-electron chi connectivity index (χ3n) is 5.03. The van der Waals surface area contributed by atoms with Gasteiger partial charge in [-0.1, -0.05) is 11.6 Å². The lowest BCUT2D eigenvalue weighted by molar-refractivity contribution is -0.143. The SMILES string of the molecule is CCOC(=O)C(CC(C)=CCc1c(O)c2c(c(C)c1OC)COC2=O)P(=O)(O)OC. The maximum atomic E-state index is 12.3. The van der Waals surface area contributed by atoms with E-state index in [0.29, 0.717) is 28.0 Å². The molecule has 30 heavy (non-hydrogen) atoms. The molecule has 2 N–H and O–H groups in total. The first-order valence-electron chi connectivity index (χ1n) is 9.37. The van der Waals surface area contributed by atoms with Crippen molar-refractivity contribution in [1.29, 1.82) is 0 Å². The van der Waals surface area contributed by atoms with Gasteiger partial charge in [0.15, 0.2) is 5.66 Å². The lowest BCUT2D eigenvalue weighted by Crippen LogP contribution is -2.24. The fraction of sp³-hybridized carbons (Fsp3) is 0.500. The third kappa shape index (κ3) is 4.69. The van der Waals surface area contributed by atoms with Gasteiger partial charge in [0.2, 0.25) is 0 Å². The highest BCUT2D eigenvalue weighted by Gasteiger charge is 2.39. The molecule has 1 aliphatic heterocycles. The van der Waals surface area contributed by atoms with E-state index in [4.69, 9.17) is 14.2 Å². The van der Waals surface area contributed by atoms with Crippen molar-refractivity contribution in [3.8, 4) is 11.5 Å². The summed E-state index contributed by atoms with van der Waals surface area (Å²) in [5.41, 5.74) is 1.02. The van der Waals surface area contributed by atoms with Crippen LogP contribution in [0.3, 0.4) is 0 Å². The number of phenolic OH excluding ortho intramolecular Hbond substituents is 1. The quantitative estimate of drug-likeness (QED) is 0.337. The zero-order valence-corrected chi connectivity index (χ0v) is 18.6. The molecule has 0 amide bonds. The highest BCUT2D eigenvalue weighted by atomic mass is 31.2. The molecule has 9 nitrogen and oxygen atoms in total. The highest BCUT2D eigenvalue weighted by Crippen LogP contribution is 2.49. The Morgan fingerprint density at radius 2 is 2.03 bits per heavy atom. The molecule has 0 bridgehead atoms. The summed E-state index contributed by atoms with van der Waals surface area (Å²) in [4.78, 5) is 34.1.